The minimum absolute atomic E-state index is 0.0415. The molecule has 0 saturated heterocycles. The van der Waals surface area contributed by atoms with Gasteiger partial charge in [0.2, 0.25) is 0 Å². The highest BCUT2D eigenvalue weighted by atomic mass is 32.2. The molecule has 21 heavy (non-hydrogen) atoms. The van der Waals surface area contributed by atoms with E-state index >= 15 is 0 Å². The van der Waals surface area contributed by atoms with Gasteiger partial charge in [0.1, 0.15) is 0 Å². The predicted molar refractivity (Wildman–Crippen MR) is 87.4 cm³/mol. The number of carbonyl (C=O) groups is 1. The lowest BCUT2D eigenvalue weighted by Gasteiger charge is -2.17. The molecule has 2 atom stereocenters. The van der Waals surface area contributed by atoms with E-state index in [1.807, 2.05) is 57.2 Å². The van der Waals surface area contributed by atoms with Crippen LogP contribution in [0.15, 0.2) is 36.4 Å². The molecule has 0 fully saturated rings. The summed E-state index contributed by atoms with van der Waals surface area (Å²) in [6.07, 6.45) is 1.71. The smallest absolute Gasteiger partial charge is 0.194 e. The van der Waals surface area contributed by atoms with E-state index in [1.165, 1.54) is 0 Å². The molecule has 0 spiro atoms. The third-order valence-corrected chi connectivity index (χ3v) is 4.63. The topological polar surface area (TPSA) is 39.1 Å². The Balaban J connectivity index is 2.39. The quantitative estimate of drug-likeness (QED) is 0.795. The van der Waals surface area contributed by atoms with Gasteiger partial charge in [-0.15, -0.1) is 0 Å². The van der Waals surface area contributed by atoms with Crippen LogP contribution in [0.2, 0.25) is 0 Å². The molecule has 0 aliphatic heterocycles. The van der Waals surface area contributed by atoms with E-state index in [9.17, 15) is 9.00 Å². The zero-order chi connectivity index (χ0) is 15.6. The summed E-state index contributed by atoms with van der Waals surface area (Å²) in [5.41, 5.74) is 3.40. The van der Waals surface area contributed by atoms with Gasteiger partial charge in [0.25, 0.3) is 0 Å². The van der Waals surface area contributed by atoms with Crippen molar-refractivity contribution in [2.45, 2.75) is 26.8 Å². The van der Waals surface area contributed by atoms with Crippen LogP contribution in [-0.2, 0) is 10.8 Å². The first-order valence-corrected chi connectivity index (χ1v) is 8.72. The first-order chi connectivity index (χ1) is 9.91. The Morgan fingerprint density at radius 3 is 2.43 bits per heavy atom. The first kappa shape index (κ1) is 15.7. The monoisotopic (exact) mass is 303 g/mol. The molecular formula is C17H21NO2S. The average Bonchev–Trinajstić information content (AvgIpc) is 2.73. The van der Waals surface area contributed by atoms with Crippen LogP contribution in [0.25, 0.3) is 0 Å². The van der Waals surface area contributed by atoms with E-state index in [-0.39, 0.29) is 11.8 Å². The van der Waals surface area contributed by atoms with E-state index in [4.69, 9.17) is 0 Å². The van der Waals surface area contributed by atoms with Gasteiger partial charge < -0.3 is 4.57 Å². The minimum Gasteiger partial charge on any atom is -0.345 e. The lowest BCUT2D eigenvalue weighted by Crippen LogP contribution is -2.16. The van der Waals surface area contributed by atoms with E-state index in [0.29, 0.717) is 11.3 Å². The van der Waals surface area contributed by atoms with Crippen LogP contribution in [0, 0.1) is 13.8 Å². The molecule has 1 aromatic carbocycles. The summed E-state index contributed by atoms with van der Waals surface area (Å²) >= 11 is 0. The summed E-state index contributed by atoms with van der Waals surface area (Å²) < 4.78 is 13.6. The van der Waals surface area contributed by atoms with Gasteiger partial charge in [0.15, 0.2) is 5.78 Å². The molecule has 2 unspecified atom stereocenters. The minimum atomic E-state index is -0.856. The molecule has 0 N–H and O–H groups in total. The van der Waals surface area contributed by atoms with Crippen molar-refractivity contribution < 1.29 is 9.00 Å². The number of aryl methyl sites for hydroxylation is 1. The Morgan fingerprint density at radius 1 is 1.24 bits per heavy atom. The number of ketones is 1. The fourth-order valence-electron chi connectivity index (χ4n) is 2.84. The first-order valence-electron chi connectivity index (χ1n) is 7.00. The molecule has 0 aliphatic carbocycles. The Kier molecular flexibility index (Phi) is 4.78. The zero-order valence-electron chi connectivity index (χ0n) is 12.9. The average molecular weight is 303 g/mol. The molecule has 0 radical (unpaired) electrons. The van der Waals surface area contributed by atoms with Crippen molar-refractivity contribution in [1.29, 1.82) is 0 Å². The van der Waals surface area contributed by atoms with Gasteiger partial charge >= 0.3 is 0 Å². The Morgan fingerprint density at radius 2 is 1.86 bits per heavy atom. The van der Waals surface area contributed by atoms with Crippen molar-refractivity contribution in [3.8, 4) is 0 Å². The van der Waals surface area contributed by atoms with E-state index in [2.05, 4.69) is 4.57 Å². The summed E-state index contributed by atoms with van der Waals surface area (Å²) in [4.78, 5) is 12.6. The molecule has 2 rings (SSSR count). The van der Waals surface area contributed by atoms with Crippen molar-refractivity contribution in [3.05, 3.63) is 58.9 Å². The molecule has 0 saturated carbocycles. The van der Waals surface area contributed by atoms with Crippen molar-refractivity contribution in [3.63, 3.8) is 0 Å². The standard InChI is InChI=1S/C17H21NO2S/c1-12-10-16(17(19)15-8-6-5-7-9-15)14(3)18(12)13(2)11-21(4)20/h5-10,13H,11H2,1-4H3. The number of hydrogen-bond acceptors (Lipinski definition) is 2. The molecule has 2 aromatic rings. The van der Waals surface area contributed by atoms with Gasteiger partial charge in [-0.05, 0) is 26.8 Å². The second-order valence-corrected chi connectivity index (χ2v) is 6.92. The maximum absolute atomic E-state index is 12.6. The zero-order valence-corrected chi connectivity index (χ0v) is 13.7. The Labute approximate surface area is 128 Å². The molecule has 4 heteroatoms. The molecule has 0 bridgehead atoms. The van der Waals surface area contributed by atoms with Crippen molar-refractivity contribution >= 4 is 16.6 Å². The van der Waals surface area contributed by atoms with Crippen molar-refractivity contribution in [1.82, 2.24) is 4.57 Å². The molecule has 1 heterocycles. The predicted octanol–water partition coefficient (Wildman–Crippen LogP) is 3.28. The summed E-state index contributed by atoms with van der Waals surface area (Å²) in [6.45, 7) is 5.99. The fourth-order valence-corrected chi connectivity index (χ4v) is 3.67. The van der Waals surface area contributed by atoms with E-state index in [0.717, 1.165) is 17.0 Å². The lowest BCUT2D eigenvalue weighted by atomic mass is 10.0. The summed E-state index contributed by atoms with van der Waals surface area (Å²) in [5.74, 6) is 0.634. The highest BCUT2D eigenvalue weighted by Crippen LogP contribution is 2.23. The van der Waals surface area contributed by atoms with Crippen LogP contribution in [-0.4, -0.2) is 26.6 Å². The van der Waals surface area contributed by atoms with Crippen molar-refractivity contribution in [2.75, 3.05) is 12.0 Å². The highest BCUT2D eigenvalue weighted by molar-refractivity contribution is 7.84. The summed E-state index contributed by atoms with van der Waals surface area (Å²) in [6, 6.07) is 11.4. The molecule has 3 nitrogen and oxygen atoms in total. The van der Waals surface area contributed by atoms with Gasteiger partial charge in [-0.2, -0.15) is 0 Å². The SMILES string of the molecule is Cc1cc(C(=O)c2ccccc2)c(C)n1C(C)CS(C)=O. The van der Waals surface area contributed by atoms with Crippen LogP contribution in [0.1, 0.15) is 40.3 Å². The Bertz CT molecular complexity index is 674. The highest BCUT2D eigenvalue weighted by Gasteiger charge is 2.20. The largest absolute Gasteiger partial charge is 0.345 e. The second-order valence-electron chi connectivity index (χ2n) is 5.44. The fraction of sp³-hybridized carbons (Fsp3) is 0.353. The maximum atomic E-state index is 12.6. The lowest BCUT2D eigenvalue weighted by molar-refractivity contribution is 0.103. The van der Waals surface area contributed by atoms with Crippen LogP contribution in [0.4, 0.5) is 0 Å². The molecule has 0 aliphatic rings. The van der Waals surface area contributed by atoms with Gasteiger partial charge in [-0.25, -0.2) is 0 Å². The van der Waals surface area contributed by atoms with E-state index in [1.54, 1.807) is 6.26 Å². The van der Waals surface area contributed by atoms with Crippen LogP contribution >= 0.6 is 0 Å². The summed E-state index contributed by atoms with van der Waals surface area (Å²) in [5, 5.41) is 0. The normalized spacial score (nSPS) is 13.9. The van der Waals surface area contributed by atoms with Gasteiger partial charge in [0, 0.05) is 51.4 Å². The van der Waals surface area contributed by atoms with Crippen LogP contribution < -0.4 is 0 Å². The third kappa shape index (κ3) is 3.32. The Hall–Kier alpha value is -1.68. The number of hydrogen-bond donors (Lipinski definition) is 0. The number of nitrogens with zero attached hydrogens (tertiary/aromatic N) is 1. The summed E-state index contributed by atoms with van der Waals surface area (Å²) in [7, 11) is -0.856. The van der Waals surface area contributed by atoms with Gasteiger partial charge in [-0.3, -0.25) is 9.00 Å². The van der Waals surface area contributed by atoms with Crippen molar-refractivity contribution in [2.24, 2.45) is 0 Å². The molecule has 1 aromatic heterocycles. The van der Waals surface area contributed by atoms with E-state index < -0.39 is 10.8 Å². The number of benzene rings is 1. The number of carbonyl (C=O) groups excluding carboxylic acids is 1. The van der Waals surface area contributed by atoms with Crippen LogP contribution in [0.3, 0.4) is 0 Å². The number of aromatic nitrogens is 1. The van der Waals surface area contributed by atoms with Gasteiger partial charge in [0.05, 0.1) is 0 Å². The van der Waals surface area contributed by atoms with Gasteiger partial charge in [-0.1, -0.05) is 30.3 Å². The number of rotatable bonds is 5. The second kappa shape index (κ2) is 6.39. The molecule has 112 valence electrons. The molecular weight excluding hydrogens is 282 g/mol. The molecule has 0 amide bonds. The third-order valence-electron chi connectivity index (χ3n) is 3.68. The maximum Gasteiger partial charge on any atom is 0.194 e. The van der Waals surface area contributed by atoms with Crippen LogP contribution in [0.5, 0.6) is 0 Å².